The molecule has 0 aromatic heterocycles. The first-order chi connectivity index (χ1) is 3.95. The molecular formula is C7H16NO. The lowest BCUT2D eigenvalue weighted by Gasteiger charge is -2.22. The van der Waals surface area contributed by atoms with Gasteiger partial charge in [-0.3, -0.25) is 5.32 Å². The fourth-order valence-electron chi connectivity index (χ4n) is 0.585. The van der Waals surface area contributed by atoms with Crippen molar-refractivity contribution in [2.24, 2.45) is 0 Å². The van der Waals surface area contributed by atoms with E-state index in [1.165, 1.54) is 0 Å². The van der Waals surface area contributed by atoms with Gasteiger partial charge in [-0.2, -0.15) is 0 Å². The van der Waals surface area contributed by atoms with Crippen molar-refractivity contribution in [3.63, 3.8) is 0 Å². The fraction of sp³-hybridized carbons (Fsp3) is 1.00. The molecule has 2 heteroatoms. The zero-order chi connectivity index (χ0) is 7.49. The second-order valence-electron chi connectivity index (χ2n) is 3.29. The lowest BCUT2D eigenvalue weighted by Crippen LogP contribution is -2.42. The smallest absolute Gasteiger partial charge is 0.143 e. The van der Waals surface area contributed by atoms with Gasteiger partial charge in [0.05, 0.1) is 0 Å². The maximum absolute atomic E-state index is 10.8. The third kappa shape index (κ3) is 5.80. The third-order valence-corrected chi connectivity index (χ3v) is 0.965. The van der Waals surface area contributed by atoms with Crippen molar-refractivity contribution in [1.29, 1.82) is 0 Å². The molecule has 0 aliphatic carbocycles. The molecule has 0 spiro atoms. The minimum atomic E-state index is -0.606. The zero-order valence-electron chi connectivity index (χ0n) is 6.69. The maximum Gasteiger partial charge on any atom is 0.143 e. The van der Waals surface area contributed by atoms with Gasteiger partial charge < -0.3 is 0 Å². The predicted molar refractivity (Wildman–Crippen MR) is 37.7 cm³/mol. The van der Waals surface area contributed by atoms with Gasteiger partial charge >= 0.3 is 0 Å². The number of hydrogen-bond donors (Lipinski definition) is 1. The summed E-state index contributed by atoms with van der Waals surface area (Å²) >= 11 is 0. The van der Waals surface area contributed by atoms with Crippen LogP contribution in [-0.2, 0) is 5.11 Å². The summed E-state index contributed by atoms with van der Waals surface area (Å²) in [5.41, 5.74) is -0.0393. The van der Waals surface area contributed by atoms with E-state index in [1.54, 1.807) is 0 Å². The summed E-state index contributed by atoms with van der Waals surface area (Å²) in [6.45, 7) is 7.87. The van der Waals surface area contributed by atoms with E-state index in [4.69, 9.17) is 0 Å². The second kappa shape index (κ2) is 3.18. The Morgan fingerprint density at radius 1 is 1.44 bits per heavy atom. The highest BCUT2D eigenvalue weighted by molar-refractivity contribution is 4.70. The van der Waals surface area contributed by atoms with Crippen LogP contribution < -0.4 is 5.32 Å². The average molecular weight is 130 g/mol. The lowest BCUT2D eigenvalue weighted by molar-refractivity contribution is 0.0344. The molecule has 0 aliphatic heterocycles. The first-order valence-corrected chi connectivity index (χ1v) is 3.39. The van der Waals surface area contributed by atoms with Crippen molar-refractivity contribution in [2.75, 3.05) is 0 Å². The van der Waals surface area contributed by atoms with E-state index >= 15 is 0 Å². The summed E-state index contributed by atoms with van der Waals surface area (Å²) in [5, 5.41) is 13.7. The van der Waals surface area contributed by atoms with Crippen molar-refractivity contribution in [3.05, 3.63) is 0 Å². The normalized spacial score (nSPS) is 15.7. The molecule has 0 rings (SSSR count). The van der Waals surface area contributed by atoms with E-state index in [1.807, 2.05) is 27.7 Å². The topological polar surface area (TPSA) is 31.9 Å². The summed E-state index contributed by atoms with van der Waals surface area (Å²) in [7, 11) is 0. The van der Waals surface area contributed by atoms with E-state index in [2.05, 4.69) is 5.32 Å². The summed E-state index contributed by atoms with van der Waals surface area (Å²) in [4.78, 5) is 0. The number of hydrogen-bond acceptors (Lipinski definition) is 1. The van der Waals surface area contributed by atoms with Crippen molar-refractivity contribution >= 4 is 0 Å². The first-order valence-electron chi connectivity index (χ1n) is 3.39. The fourth-order valence-corrected chi connectivity index (χ4v) is 0.585. The molecule has 0 amide bonds. The van der Waals surface area contributed by atoms with Gasteiger partial charge in [-0.05, 0) is 27.2 Å². The van der Waals surface area contributed by atoms with Crippen LogP contribution in [0, 0.1) is 0 Å². The molecule has 0 fully saturated rings. The molecule has 1 N–H and O–H groups in total. The Morgan fingerprint density at radius 3 is 2.00 bits per heavy atom. The maximum atomic E-state index is 10.8. The Balaban J connectivity index is 3.47. The summed E-state index contributed by atoms with van der Waals surface area (Å²) in [6.07, 6.45) is 0.0436. The quantitative estimate of drug-likeness (QED) is 0.565. The second-order valence-corrected chi connectivity index (χ2v) is 3.29. The third-order valence-electron chi connectivity index (χ3n) is 0.965. The molecule has 0 heterocycles. The molecule has 1 radical (unpaired) electrons. The van der Waals surface area contributed by atoms with Crippen LogP contribution in [0.4, 0.5) is 0 Å². The molecule has 0 aliphatic rings. The van der Waals surface area contributed by atoms with Crippen molar-refractivity contribution in [3.8, 4) is 0 Å². The van der Waals surface area contributed by atoms with Crippen LogP contribution in [-0.4, -0.2) is 11.8 Å². The van der Waals surface area contributed by atoms with Gasteiger partial charge in [-0.25, -0.2) is 5.11 Å². The van der Waals surface area contributed by atoms with E-state index in [9.17, 15) is 5.11 Å². The van der Waals surface area contributed by atoms with Gasteiger partial charge in [0, 0.05) is 5.54 Å². The van der Waals surface area contributed by atoms with Crippen LogP contribution >= 0.6 is 0 Å². The Kier molecular flexibility index (Phi) is 3.15. The largest absolute Gasteiger partial charge is 0.285 e. The van der Waals surface area contributed by atoms with Crippen LogP contribution in [0.2, 0.25) is 0 Å². The van der Waals surface area contributed by atoms with Gasteiger partial charge in [-0.15, -0.1) is 0 Å². The van der Waals surface area contributed by atoms with Crippen molar-refractivity contribution in [1.82, 2.24) is 5.32 Å². The highest BCUT2D eigenvalue weighted by Crippen LogP contribution is 2.01. The van der Waals surface area contributed by atoms with Crippen LogP contribution in [0.1, 0.15) is 34.1 Å². The van der Waals surface area contributed by atoms with E-state index in [0.29, 0.717) is 6.42 Å². The van der Waals surface area contributed by atoms with Gasteiger partial charge in [0.15, 0.2) is 0 Å². The standard InChI is InChI=1S/C7H16NO/c1-5-6(9)8-7(2,3)4/h6,8H,5H2,1-4H3. The van der Waals surface area contributed by atoms with Gasteiger partial charge in [-0.1, -0.05) is 6.92 Å². The highest BCUT2D eigenvalue weighted by Gasteiger charge is 2.13. The molecule has 0 aromatic rings. The Hall–Kier alpha value is -0.0800. The van der Waals surface area contributed by atoms with Crippen LogP contribution in [0.15, 0.2) is 0 Å². The molecule has 2 nitrogen and oxygen atoms in total. The Morgan fingerprint density at radius 2 is 1.89 bits per heavy atom. The van der Waals surface area contributed by atoms with E-state index < -0.39 is 6.23 Å². The Bertz CT molecular complexity index is 75.5. The lowest BCUT2D eigenvalue weighted by atomic mass is 10.1. The minimum Gasteiger partial charge on any atom is -0.285 e. The van der Waals surface area contributed by atoms with Gasteiger partial charge in [0.2, 0.25) is 0 Å². The molecule has 55 valence electrons. The molecule has 1 atom stereocenters. The predicted octanol–water partition coefficient (Wildman–Crippen LogP) is 1.54. The molecule has 1 unspecified atom stereocenters. The van der Waals surface area contributed by atoms with E-state index in [0.717, 1.165) is 0 Å². The van der Waals surface area contributed by atoms with Crippen LogP contribution in [0.25, 0.3) is 0 Å². The highest BCUT2D eigenvalue weighted by atomic mass is 16.3. The van der Waals surface area contributed by atoms with Crippen LogP contribution in [0.3, 0.4) is 0 Å². The zero-order valence-corrected chi connectivity index (χ0v) is 6.69. The average Bonchev–Trinajstić information content (AvgIpc) is 1.62. The SMILES string of the molecule is CCC([O])NC(C)(C)C. The Labute approximate surface area is 57.3 Å². The summed E-state index contributed by atoms with van der Waals surface area (Å²) < 4.78 is 0. The molecule has 0 bridgehead atoms. The van der Waals surface area contributed by atoms with Crippen LogP contribution in [0.5, 0.6) is 0 Å². The summed E-state index contributed by atoms with van der Waals surface area (Å²) in [6, 6.07) is 0. The molecular weight excluding hydrogens is 114 g/mol. The molecule has 0 saturated carbocycles. The molecule has 0 aromatic carbocycles. The number of nitrogens with one attached hydrogen (secondary N) is 1. The minimum absolute atomic E-state index is 0.0393. The van der Waals surface area contributed by atoms with Gasteiger partial charge in [0.25, 0.3) is 0 Å². The van der Waals surface area contributed by atoms with Gasteiger partial charge in [0.1, 0.15) is 6.23 Å². The monoisotopic (exact) mass is 130 g/mol. The van der Waals surface area contributed by atoms with E-state index in [-0.39, 0.29) is 5.54 Å². The number of rotatable bonds is 2. The first kappa shape index (κ1) is 8.92. The summed E-state index contributed by atoms with van der Waals surface area (Å²) in [5.74, 6) is 0. The molecule has 9 heavy (non-hydrogen) atoms. The van der Waals surface area contributed by atoms with Crippen molar-refractivity contribution in [2.45, 2.75) is 45.9 Å². The van der Waals surface area contributed by atoms with Crippen molar-refractivity contribution < 1.29 is 5.11 Å². The molecule has 0 saturated heterocycles.